The number of aromatic nitrogens is 3. The van der Waals surface area contributed by atoms with Crippen LogP contribution in [0.4, 0.5) is 4.39 Å². The highest BCUT2D eigenvalue weighted by molar-refractivity contribution is 5.65. The Kier molecular flexibility index (Phi) is 3.97. The first-order chi connectivity index (χ1) is 13.7. The van der Waals surface area contributed by atoms with Crippen molar-refractivity contribution >= 4 is 5.65 Å². The summed E-state index contributed by atoms with van der Waals surface area (Å²) in [5.74, 6) is 1.09. The van der Waals surface area contributed by atoms with Crippen LogP contribution in [-0.2, 0) is 0 Å². The van der Waals surface area contributed by atoms with E-state index in [0.29, 0.717) is 12.5 Å². The highest BCUT2D eigenvalue weighted by Gasteiger charge is 2.30. The maximum Gasteiger partial charge on any atom is 0.236 e. The first kappa shape index (κ1) is 16.7. The molecule has 0 spiro atoms. The minimum absolute atomic E-state index is 0.0966. The summed E-state index contributed by atoms with van der Waals surface area (Å²) in [6.07, 6.45) is 4.28. The van der Waals surface area contributed by atoms with Crippen molar-refractivity contribution in [3.63, 3.8) is 0 Å². The van der Waals surface area contributed by atoms with Crippen molar-refractivity contribution in [1.82, 2.24) is 14.4 Å². The topological polar surface area (TPSA) is 48.7 Å². The summed E-state index contributed by atoms with van der Waals surface area (Å²) >= 11 is 0. The van der Waals surface area contributed by atoms with Crippen LogP contribution in [-0.4, -0.2) is 28.1 Å². The molecule has 1 aliphatic rings. The van der Waals surface area contributed by atoms with Crippen LogP contribution in [0.15, 0.2) is 60.9 Å². The molecule has 4 heterocycles. The highest BCUT2D eigenvalue weighted by Crippen LogP contribution is 2.42. The van der Waals surface area contributed by atoms with Crippen molar-refractivity contribution in [2.75, 3.05) is 13.7 Å². The van der Waals surface area contributed by atoms with Crippen molar-refractivity contribution in [1.29, 1.82) is 0 Å². The molecule has 1 aromatic carbocycles. The van der Waals surface area contributed by atoms with E-state index in [2.05, 4.69) is 16.0 Å². The third-order valence-electron chi connectivity index (χ3n) is 5.17. The van der Waals surface area contributed by atoms with Crippen molar-refractivity contribution in [2.24, 2.45) is 0 Å². The van der Waals surface area contributed by atoms with Crippen molar-refractivity contribution in [2.45, 2.75) is 12.3 Å². The zero-order valence-corrected chi connectivity index (χ0v) is 15.3. The number of rotatable bonds is 3. The van der Waals surface area contributed by atoms with Crippen LogP contribution in [0.25, 0.3) is 16.8 Å². The predicted octanol–water partition coefficient (Wildman–Crippen LogP) is 4.46. The molecular weight excluding hydrogens is 357 g/mol. The molecule has 1 unspecified atom stereocenters. The molecule has 1 atom stereocenters. The zero-order chi connectivity index (χ0) is 19.1. The summed E-state index contributed by atoms with van der Waals surface area (Å²) in [6, 6.07) is 15.1. The van der Waals surface area contributed by atoms with Gasteiger partial charge in [-0.1, -0.05) is 18.2 Å². The highest BCUT2D eigenvalue weighted by atomic mass is 19.1. The fraction of sp³-hybridized carbons (Fsp3) is 0.182. The number of hydrogen-bond donors (Lipinski definition) is 0. The van der Waals surface area contributed by atoms with E-state index in [4.69, 9.17) is 9.47 Å². The van der Waals surface area contributed by atoms with Crippen LogP contribution in [0.3, 0.4) is 0 Å². The molecule has 140 valence electrons. The van der Waals surface area contributed by atoms with Crippen molar-refractivity contribution in [3.05, 3.63) is 78.1 Å². The van der Waals surface area contributed by atoms with Crippen LogP contribution in [0.5, 0.6) is 11.6 Å². The average Bonchev–Trinajstić information content (AvgIpc) is 3.11. The fourth-order valence-corrected chi connectivity index (χ4v) is 3.88. The quantitative estimate of drug-likeness (QED) is 0.496. The molecule has 6 heteroatoms. The number of hydrogen-bond acceptors (Lipinski definition) is 4. The van der Waals surface area contributed by atoms with Gasteiger partial charge in [0.05, 0.1) is 19.4 Å². The lowest BCUT2D eigenvalue weighted by atomic mass is 9.90. The Balaban J connectivity index is 1.70. The normalized spacial score (nSPS) is 15.9. The second-order valence-corrected chi connectivity index (χ2v) is 6.75. The summed E-state index contributed by atoms with van der Waals surface area (Å²) in [4.78, 5) is 8.29. The maximum absolute atomic E-state index is 13.6. The Labute approximate surface area is 161 Å². The number of para-hydroxylation sites is 1. The molecule has 5 nitrogen and oxygen atoms in total. The standard InChI is InChI=1S/C22H18FN3O2/c1-27-18-5-3-2-4-16(18)17-9-11-28-22-21(17)26-13-15(6-7-20(26)25-22)14-8-10-24-19(23)12-14/h2-8,10,12-13,17H,9,11H2,1H3. The van der Waals surface area contributed by atoms with Crippen LogP contribution in [0, 0.1) is 5.95 Å². The monoisotopic (exact) mass is 375 g/mol. The average molecular weight is 375 g/mol. The Morgan fingerprint density at radius 1 is 1.14 bits per heavy atom. The molecule has 3 aromatic heterocycles. The molecule has 4 aromatic rings. The van der Waals surface area contributed by atoms with Gasteiger partial charge < -0.3 is 9.47 Å². The van der Waals surface area contributed by atoms with E-state index in [1.807, 2.05) is 40.9 Å². The van der Waals surface area contributed by atoms with Crippen LogP contribution in [0.1, 0.15) is 23.6 Å². The number of benzene rings is 1. The number of fused-ring (bicyclic) bond motifs is 3. The molecule has 0 amide bonds. The van der Waals surface area contributed by atoms with E-state index in [-0.39, 0.29) is 5.92 Å². The van der Waals surface area contributed by atoms with E-state index >= 15 is 0 Å². The van der Waals surface area contributed by atoms with Gasteiger partial charge in [0.2, 0.25) is 11.8 Å². The number of ether oxygens (including phenoxy) is 2. The molecular formula is C22H18FN3O2. The smallest absolute Gasteiger partial charge is 0.236 e. The van der Waals surface area contributed by atoms with Crippen LogP contribution >= 0.6 is 0 Å². The van der Waals surface area contributed by atoms with Gasteiger partial charge in [-0.3, -0.25) is 4.40 Å². The zero-order valence-electron chi connectivity index (χ0n) is 15.3. The van der Waals surface area contributed by atoms with Crippen molar-refractivity contribution < 1.29 is 13.9 Å². The van der Waals surface area contributed by atoms with Gasteiger partial charge in [0.1, 0.15) is 11.4 Å². The summed E-state index contributed by atoms with van der Waals surface area (Å²) in [6.45, 7) is 0.599. The largest absolute Gasteiger partial charge is 0.496 e. The summed E-state index contributed by atoms with van der Waals surface area (Å²) in [7, 11) is 1.68. The molecule has 0 bridgehead atoms. The SMILES string of the molecule is COc1ccccc1C1CCOc2nc3ccc(-c4ccnc(F)c4)cn3c21. The summed E-state index contributed by atoms with van der Waals surface area (Å²) in [5, 5.41) is 0. The van der Waals surface area contributed by atoms with E-state index in [1.54, 1.807) is 13.2 Å². The molecule has 0 fully saturated rings. The molecule has 0 N–H and O–H groups in total. The summed E-state index contributed by atoms with van der Waals surface area (Å²) in [5.41, 5.74) is 4.55. The van der Waals surface area contributed by atoms with Gasteiger partial charge in [0.15, 0.2) is 0 Å². The van der Waals surface area contributed by atoms with E-state index in [1.165, 1.54) is 12.3 Å². The Morgan fingerprint density at radius 2 is 2.04 bits per heavy atom. The Hall–Kier alpha value is -3.41. The molecule has 0 aliphatic carbocycles. The molecule has 28 heavy (non-hydrogen) atoms. The van der Waals surface area contributed by atoms with Gasteiger partial charge in [-0.05, 0) is 41.8 Å². The maximum atomic E-state index is 13.6. The van der Waals surface area contributed by atoms with Gasteiger partial charge in [-0.15, -0.1) is 0 Å². The Morgan fingerprint density at radius 3 is 2.89 bits per heavy atom. The van der Waals surface area contributed by atoms with Crippen LogP contribution in [0.2, 0.25) is 0 Å². The molecule has 5 rings (SSSR count). The van der Waals surface area contributed by atoms with Gasteiger partial charge >= 0.3 is 0 Å². The van der Waals surface area contributed by atoms with Gasteiger partial charge in [-0.2, -0.15) is 9.37 Å². The first-order valence-electron chi connectivity index (χ1n) is 9.14. The molecule has 0 radical (unpaired) electrons. The van der Waals surface area contributed by atoms with Gasteiger partial charge in [0, 0.05) is 29.9 Å². The lowest BCUT2D eigenvalue weighted by molar-refractivity contribution is 0.264. The lowest BCUT2D eigenvalue weighted by Crippen LogP contribution is -2.17. The number of nitrogens with zero attached hydrogens (tertiary/aromatic N) is 3. The fourth-order valence-electron chi connectivity index (χ4n) is 3.88. The van der Waals surface area contributed by atoms with E-state index < -0.39 is 5.95 Å². The number of imidazole rings is 1. The number of halogens is 1. The van der Waals surface area contributed by atoms with E-state index in [0.717, 1.165) is 40.2 Å². The second-order valence-electron chi connectivity index (χ2n) is 6.75. The van der Waals surface area contributed by atoms with Gasteiger partial charge in [0.25, 0.3) is 0 Å². The van der Waals surface area contributed by atoms with Crippen LogP contribution < -0.4 is 9.47 Å². The Bertz CT molecular complexity index is 1170. The third-order valence-corrected chi connectivity index (χ3v) is 5.17. The van der Waals surface area contributed by atoms with E-state index in [9.17, 15) is 4.39 Å². The molecule has 0 saturated carbocycles. The lowest BCUT2D eigenvalue weighted by Gasteiger charge is -2.24. The molecule has 0 saturated heterocycles. The number of methoxy groups -OCH3 is 1. The summed E-state index contributed by atoms with van der Waals surface area (Å²) < 4.78 is 27.1. The molecule has 1 aliphatic heterocycles. The minimum atomic E-state index is -0.500. The second kappa shape index (κ2) is 6.64. The minimum Gasteiger partial charge on any atom is -0.496 e. The first-order valence-corrected chi connectivity index (χ1v) is 9.14. The predicted molar refractivity (Wildman–Crippen MR) is 103 cm³/mol. The van der Waals surface area contributed by atoms with Crippen molar-refractivity contribution in [3.8, 4) is 22.8 Å². The third kappa shape index (κ3) is 2.69. The van der Waals surface area contributed by atoms with Gasteiger partial charge in [-0.25, -0.2) is 4.98 Å². The number of pyridine rings is 2.